The Morgan fingerprint density at radius 1 is 1.41 bits per heavy atom. The molecule has 0 radical (unpaired) electrons. The van der Waals surface area contributed by atoms with E-state index in [-0.39, 0.29) is 17.9 Å². The van der Waals surface area contributed by atoms with Crippen LogP contribution < -0.4 is 5.32 Å². The van der Waals surface area contributed by atoms with Crippen molar-refractivity contribution in [2.45, 2.75) is 44.6 Å². The van der Waals surface area contributed by atoms with Crippen molar-refractivity contribution in [3.63, 3.8) is 0 Å². The van der Waals surface area contributed by atoms with Gasteiger partial charge in [0.2, 0.25) is 11.8 Å². The van der Waals surface area contributed by atoms with Crippen LogP contribution in [0.2, 0.25) is 0 Å². The highest BCUT2D eigenvalue weighted by atomic mass is 16.3. The van der Waals surface area contributed by atoms with Crippen molar-refractivity contribution in [3.8, 4) is 0 Å². The largest absolute Gasteiger partial charge is 0.391 e. The highest BCUT2D eigenvalue weighted by Gasteiger charge is 2.21. The molecule has 2 amide bonds. The molecule has 0 bridgehead atoms. The van der Waals surface area contributed by atoms with E-state index in [4.69, 9.17) is 0 Å². The molecule has 5 nitrogen and oxygen atoms in total. The summed E-state index contributed by atoms with van der Waals surface area (Å²) in [6, 6.07) is 6.01. The predicted molar refractivity (Wildman–Crippen MR) is 83.5 cm³/mol. The molecule has 2 aliphatic heterocycles. The number of nitrogens with one attached hydrogen (secondary N) is 1. The first-order valence-corrected chi connectivity index (χ1v) is 7.99. The second kappa shape index (κ2) is 6.48. The Labute approximate surface area is 130 Å². The van der Waals surface area contributed by atoms with Gasteiger partial charge in [-0.2, -0.15) is 0 Å². The lowest BCUT2D eigenvalue weighted by atomic mass is 10.0. The molecular weight excluding hydrogens is 280 g/mol. The molecule has 0 aromatic heterocycles. The first-order valence-electron chi connectivity index (χ1n) is 7.99. The summed E-state index contributed by atoms with van der Waals surface area (Å²) in [6.45, 7) is 1.24. The molecule has 1 aromatic rings. The molecule has 0 spiro atoms. The summed E-state index contributed by atoms with van der Waals surface area (Å²) in [5.41, 5.74) is 3.13. The zero-order valence-electron chi connectivity index (χ0n) is 12.7. The van der Waals surface area contributed by atoms with E-state index in [1.165, 1.54) is 5.56 Å². The summed E-state index contributed by atoms with van der Waals surface area (Å²) >= 11 is 0. The number of aliphatic hydroxyl groups is 1. The number of aryl methyl sites for hydroxylation is 1. The molecule has 5 heteroatoms. The zero-order valence-corrected chi connectivity index (χ0v) is 12.7. The monoisotopic (exact) mass is 302 g/mol. The van der Waals surface area contributed by atoms with Crippen molar-refractivity contribution in [2.24, 2.45) is 0 Å². The molecule has 2 N–H and O–H groups in total. The van der Waals surface area contributed by atoms with E-state index in [9.17, 15) is 14.7 Å². The number of hydrogen-bond donors (Lipinski definition) is 2. The van der Waals surface area contributed by atoms with E-state index in [1.54, 1.807) is 4.90 Å². The number of nitrogens with zero attached hydrogens (tertiary/aromatic N) is 1. The number of β-amino-alcohol motifs (C(OH)–C–C–N with tert-alkyl or cyclic N) is 1. The van der Waals surface area contributed by atoms with Crippen LogP contribution in [0.4, 0.5) is 5.69 Å². The normalized spacial score (nSPS) is 20.7. The SMILES string of the molecule is O=C1Cc2cc(CCCC(=O)N3CCCC(O)C3)ccc2N1. The van der Waals surface area contributed by atoms with Gasteiger partial charge in [0.25, 0.3) is 0 Å². The van der Waals surface area contributed by atoms with Gasteiger partial charge in [0.15, 0.2) is 0 Å². The summed E-state index contributed by atoms with van der Waals surface area (Å²) in [5.74, 6) is 0.183. The van der Waals surface area contributed by atoms with E-state index in [1.807, 2.05) is 12.1 Å². The van der Waals surface area contributed by atoms with Gasteiger partial charge in [-0.05, 0) is 42.9 Å². The molecule has 2 heterocycles. The summed E-state index contributed by atoms with van der Waals surface area (Å²) in [7, 11) is 0. The first-order chi connectivity index (χ1) is 10.6. The predicted octanol–water partition coefficient (Wildman–Crippen LogP) is 1.49. The Kier molecular flexibility index (Phi) is 4.43. The number of piperidine rings is 1. The number of hydrogen-bond acceptors (Lipinski definition) is 3. The molecule has 2 aliphatic rings. The van der Waals surface area contributed by atoms with Gasteiger partial charge in [-0.15, -0.1) is 0 Å². The molecule has 0 aliphatic carbocycles. The molecular formula is C17H22N2O3. The minimum Gasteiger partial charge on any atom is -0.391 e. The number of amides is 2. The number of carbonyl (C=O) groups is 2. The molecule has 118 valence electrons. The number of aliphatic hydroxyl groups excluding tert-OH is 1. The van der Waals surface area contributed by atoms with Crippen molar-refractivity contribution in [1.82, 2.24) is 4.90 Å². The second-order valence-electron chi connectivity index (χ2n) is 6.21. The van der Waals surface area contributed by atoms with Crippen LogP contribution in [0.15, 0.2) is 18.2 Å². The molecule has 3 rings (SSSR count). The summed E-state index contributed by atoms with van der Waals surface area (Å²) < 4.78 is 0. The third kappa shape index (κ3) is 3.47. The van der Waals surface area contributed by atoms with Gasteiger partial charge in [-0.1, -0.05) is 12.1 Å². The van der Waals surface area contributed by atoms with Crippen molar-refractivity contribution in [3.05, 3.63) is 29.3 Å². The van der Waals surface area contributed by atoms with E-state index in [2.05, 4.69) is 11.4 Å². The fraction of sp³-hybridized carbons (Fsp3) is 0.529. The lowest BCUT2D eigenvalue weighted by Crippen LogP contribution is -2.42. The molecule has 22 heavy (non-hydrogen) atoms. The Bertz CT molecular complexity index is 585. The fourth-order valence-corrected chi connectivity index (χ4v) is 3.22. The Morgan fingerprint density at radius 3 is 3.09 bits per heavy atom. The fourth-order valence-electron chi connectivity index (χ4n) is 3.22. The van der Waals surface area contributed by atoms with Gasteiger partial charge in [0.05, 0.1) is 12.5 Å². The van der Waals surface area contributed by atoms with Gasteiger partial charge >= 0.3 is 0 Å². The van der Waals surface area contributed by atoms with E-state index < -0.39 is 0 Å². The van der Waals surface area contributed by atoms with Crippen LogP contribution in [0, 0.1) is 0 Å². The van der Waals surface area contributed by atoms with Crippen LogP contribution in [0.3, 0.4) is 0 Å². The third-order valence-electron chi connectivity index (χ3n) is 4.40. The summed E-state index contributed by atoms with van der Waals surface area (Å²) in [5, 5.41) is 12.4. The first kappa shape index (κ1) is 15.0. The average Bonchev–Trinajstić information content (AvgIpc) is 2.86. The standard InChI is InChI=1S/C17H22N2O3/c20-14-4-2-8-19(11-14)17(22)5-1-3-12-6-7-15-13(9-12)10-16(21)18-15/h6-7,9,14,20H,1-5,8,10-11H2,(H,18,21). The lowest BCUT2D eigenvalue weighted by Gasteiger charge is -2.30. The quantitative estimate of drug-likeness (QED) is 0.885. The van der Waals surface area contributed by atoms with Crippen LogP contribution in [0.25, 0.3) is 0 Å². The van der Waals surface area contributed by atoms with Crippen LogP contribution in [0.5, 0.6) is 0 Å². The Morgan fingerprint density at radius 2 is 2.27 bits per heavy atom. The molecule has 1 fully saturated rings. The van der Waals surface area contributed by atoms with Crippen molar-refractivity contribution >= 4 is 17.5 Å². The van der Waals surface area contributed by atoms with E-state index in [0.717, 1.165) is 43.5 Å². The number of rotatable bonds is 4. The van der Waals surface area contributed by atoms with Crippen LogP contribution in [-0.2, 0) is 22.4 Å². The van der Waals surface area contributed by atoms with Gasteiger partial charge in [-0.3, -0.25) is 9.59 Å². The van der Waals surface area contributed by atoms with Crippen LogP contribution in [0.1, 0.15) is 36.8 Å². The van der Waals surface area contributed by atoms with Crippen molar-refractivity contribution < 1.29 is 14.7 Å². The maximum atomic E-state index is 12.1. The summed E-state index contributed by atoms with van der Waals surface area (Å²) in [4.78, 5) is 25.2. The van der Waals surface area contributed by atoms with E-state index in [0.29, 0.717) is 19.4 Å². The Hall–Kier alpha value is -1.88. The topological polar surface area (TPSA) is 69.6 Å². The van der Waals surface area contributed by atoms with Gasteiger partial charge in [-0.25, -0.2) is 0 Å². The Balaban J connectivity index is 1.48. The molecule has 0 saturated carbocycles. The summed E-state index contributed by atoms with van der Waals surface area (Å²) in [6.07, 6.45) is 3.92. The molecule has 1 saturated heterocycles. The van der Waals surface area contributed by atoms with Gasteiger partial charge in [0, 0.05) is 25.2 Å². The smallest absolute Gasteiger partial charge is 0.228 e. The van der Waals surface area contributed by atoms with Crippen LogP contribution in [-0.4, -0.2) is 41.0 Å². The maximum Gasteiger partial charge on any atom is 0.228 e. The highest BCUT2D eigenvalue weighted by Crippen LogP contribution is 2.24. The van der Waals surface area contributed by atoms with Crippen molar-refractivity contribution in [2.75, 3.05) is 18.4 Å². The van der Waals surface area contributed by atoms with Gasteiger partial charge < -0.3 is 15.3 Å². The molecule has 1 atom stereocenters. The number of likely N-dealkylation sites (tertiary alicyclic amines) is 1. The molecule has 1 unspecified atom stereocenters. The lowest BCUT2D eigenvalue weighted by molar-refractivity contribution is -0.134. The number of benzene rings is 1. The van der Waals surface area contributed by atoms with Gasteiger partial charge in [0.1, 0.15) is 0 Å². The van der Waals surface area contributed by atoms with E-state index >= 15 is 0 Å². The third-order valence-corrected chi connectivity index (χ3v) is 4.40. The zero-order chi connectivity index (χ0) is 15.5. The average molecular weight is 302 g/mol. The maximum absolute atomic E-state index is 12.1. The number of fused-ring (bicyclic) bond motifs is 1. The minimum atomic E-state index is -0.362. The number of carbonyl (C=O) groups excluding carboxylic acids is 2. The van der Waals surface area contributed by atoms with Crippen molar-refractivity contribution in [1.29, 1.82) is 0 Å². The van der Waals surface area contributed by atoms with Crippen LogP contribution >= 0.6 is 0 Å². The molecule has 1 aromatic carbocycles. The second-order valence-corrected chi connectivity index (χ2v) is 6.21. The minimum absolute atomic E-state index is 0.0472. The highest BCUT2D eigenvalue weighted by molar-refractivity contribution is 5.99. The number of anilines is 1.